The highest BCUT2D eigenvalue weighted by Gasteiger charge is 2.34. The SMILES string of the molecule is CCNC(=NCCCCN1C(=O)c2ccccc2C1=O)N(C)Cc1ccc(OC)cc1. The third-order valence-corrected chi connectivity index (χ3v) is 5.20. The van der Waals surface area contributed by atoms with E-state index in [2.05, 4.69) is 10.2 Å². The first kappa shape index (κ1) is 22.3. The lowest BCUT2D eigenvalue weighted by atomic mass is 10.1. The number of rotatable bonds is 9. The van der Waals surface area contributed by atoms with E-state index in [4.69, 9.17) is 9.73 Å². The lowest BCUT2D eigenvalue weighted by molar-refractivity contribution is 0.0652. The van der Waals surface area contributed by atoms with Crippen molar-refractivity contribution in [1.82, 2.24) is 15.1 Å². The van der Waals surface area contributed by atoms with Crippen LogP contribution in [0, 0.1) is 0 Å². The van der Waals surface area contributed by atoms with Crippen LogP contribution in [0.4, 0.5) is 0 Å². The fourth-order valence-electron chi connectivity index (χ4n) is 3.56. The normalized spacial score (nSPS) is 13.4. The van der Waals surface area contributed by atoms with E-state index >= 15 is 0 Å². The second-order valence-corrected chi connectivity index (χ2v) is 7.45. The number of imide groups is 1. The number of aliphatic imine (C=N–C) groups is 1. The predicted molar refractivity (Wildman–Crippen MR) is 121 cm³/mol. The standard InChI is InChI=1S/C24H30N4O3/c1-4-25-24(27(2)17-18-11-13-19(31-3)14-12-18)26-15-7-8-16-28-22(29)20-9-5-6-10-21(20)23(28)30/h5-6,9-14H,4,7-8,15-17H2,1-3H3,(H,25,26). The zero-order valence-electron chi connectivity index (χ0n) is 18.4. The third kappa shape index (κ3) is 5.42. The molecule has 1 aliphatic heterocycles. The molecule has 31 heavy (non-hydrogen) atoms. The highest BCUT2D eigenvalue weighted by atomic mass is 16.5. The van der Waals surface area contributed by atoms with E-state index in [0.717, 1.165) is 37.6 Å². The molecule has 3 rings (SSSR count). The van der Waals surface area contributed by atoms with Gasteiger partial charge >= 0.3 is 0 Å². The van der Waals surface area contributed by atoms with Gasteiger partial charge in [0.2, 0.25) is 0 Å². The zero-order valence-corrected chi connectivity index (χ0v) is 18.4. The van der Waals surface area contributed by atoms with Crippen molar-refractivity contribution in [1.29, 1.82) is 0 Å². The summed E-state index contributed by atoms with van der Waals surface area (Å²) >= 11 is 0. The van der Waals surface area contributed by atoms with Gasteiger partial charge in [-0.15, -0.1) is 0 Å². The van der Waals surface area contributed by atoms with E-state index in [0.29, 0.717) is 24.2 Å². The molecule has 164 valence electrons. The molecule has 0 spiro atoms. The Hall–Kier alpha value is -3.35. The Morgan fingerprint density at radius 3 is 2.26 bits per heavy atom. The molecule has 0 aliphatic carbocycles. The van der Waals surface area contributed by atoms with Crippen molar-refractivity contribution >= 4 is 17.8 Å². The Morgan fingerprint density at radius 1 is 1.03 bits per heavy atom. The van der Waals surface area contributed by atoms with E-state index in [1.54, 1.807) is 31.4 Å². The van der Waals surface area contributed by atoms with Crippen molar-refractivity contribution in [2.45, 2.75) is 26.3 Å². The summed E-state index contributed by atoms with van der Waals surface area (Å²) in [5.74, 6) is 1.28. The Morgan fingerprint density at radius 2 is 1.68 bits per heavy atom. The van der Waals surface area contributed by atoms with Crippen molar-refractivity contribution in [2.24, 2.45) is 4.99 Å². The van der Waals surface area contributed by atoms with Crippen LogP contribution in [0.15, 0.2) is 53.5 Å². The molecule has 1 N–H and O–H groups in total. The maximum absolute atomic E-state index is 12.4. The lowest BCUT2D eigenvalue weighted by Crippen LogP contribution is -2.38. The molecule has 1 heterocycles. The Labute approximate surface area is 183 Å². The molecule has 0 bridgehead atoms. The Bertz CT molecular complexity index is 905. The second-order valence-electron chi connectivity index (χ2n) is 7.45. The van der Waals surface area contributed by atoms with Crippen LogP contribution in [0.25, 0.3) is 0 Å². The number of fused-ring (bicyclic) bond motifs is 1. The van der Waals surface area contributed by atoms with Gasteiger partial charge in [0.05, 0.1) is 18.2 Å². The maximum atomic E-state index is 12.4. The summed E-state index contributed by atoms with van der Waals surface area (Å²) in [4.78, 5) is 33.0. The maximum Gasteiger partial charge on any atom is 0.261 e. The van der Waals surface area contributed by atoms with Crippen molar-refractivity contribution in [2.75, 3.05) is 33.8 Å². The van der Waals surface area contributed by atoms with Crippen molar-refractivity contribution in [3.05, 3.63) is 65.2 Å². The fraction of sp³-hybridized carbons (Fsp3) is 0.375. The molecule has 2 amide bonds. The molecule has 0 atom stereocenters. The Kier molecular flexibility index (Phi) is 7.65. The summed E-state index contributed by atoms with van der Waals surface area (Å²) in [6.45, 7) is 4.59. The van der Waals surface area contributed by atoms with Crippen LogP contribution in [0.2, 0.25) is 0 Å². The molecule has 0 unspecified atom stereocenters. The molecule has 2 aromatic rings. The van der Waals surface area contributed by atoms with Crippen LogP contribution in [0.1, 0.15) is 46.0 Å². The van der Waals surface area contributed by atoms with Gasteiger partial charge in [-0.3, -0.25) is 19.5 Å². The summed E-state index contributed by atoms with van der Waals surface area (Å²) in [7, 11) is 3.66. The summed E-state index contributed by atoms with van der Waals surface area (Å²) < 4.78 is 5.21. The van der Waals surface area contributed by atoms with Crippen LogP contribution in [-0.2, 0) is 6.54 Å². The van der Waals surface area contributed by atoms with Gasteiger partial charge in [-0.1, -0.05) is 24.3 Å². The molecule has 0 saturated heterocycles. The number of guanidine groups is 1. The predicted octanol–water partition coefficient (Wildman–Crippen LogP) is 3.17. The second kappa shape index (κ2) is 10.6. The number of hydrogen-bond donors (Lipinski definition) is 1. The minimum absolute atomic E-state index is 0.198. The summed E-state index contributed by atoms with van der Waals surface area (Å²) in [5.41, 5.74) is 2.17. The molecular formula is C24H30N4O3. The van der Waals surface area contributed by atoms with Crippen molar-refractivity contribution in [3.63, 3.8) is 0 Å². The largest absolute Gasteiger partial charge is 0.497 e. The van der Waals surface area contributed by atoms with Crippen LogP contribution in [-0.4, -0.2) is 61.4 Å². The van der Waals surface area contributed by atoms with Gasteiger partial charge in [-0.25, -0.2) is 0 Å². The molecule has 0 radical (unpaired) electrons. The van der Waals surface area contributed by atoms with Crippen molar-refractivity contribution < 1.29 is 14.3 Å². The summed E-state index contributed by atoms with van der Waals surface area (Å²) in [6.07, 6.45) is 1.51. The average molecular weight is 423 g/mol. The first-order valence-corrected chi connectivity index (χ1v) is 10.6. The number of nitrogens with one attached hydrogen (secondary N) is 1. The van der Waals surface area contributed by atoms with E-state index in [1.165, 1.54) is 10.5 Å². The van der Waals surface area contributed by atoms with Crippen LogP contribution < -0.4 is 10.1 Å². The van der Waals surface area contributed by atoms with E-state index in [1.807, 2.05) is 38.2 Å². The number of nitrogens with zero attached hydrogens (tertiary/aromatic N) is 3. The van der Waals surface area contributed by atoms with Crippen molar-refractivity contribution in [3.8, 4) is 5.75 Å². The van der Waals surface area contributed by atoms with Crippen LogP contribution in [0.5, 0.6) is 5.75 Å². The molecule has 7 nitrogen and oxygen atoms in total. The topological polar surface area (TPSA) is 74.2 Å². The molecule has 0 aromatic heterocycles. The highest BCUT2D eigenvalue weighted by molar-refractivity contribution is 6.21. The number of hydrogen-bond acceptors (Lipinski definition) is 4. The molecule has 7 heteroatoms. The first-order chi connectivity index (χ1) is 15.0. The quantitative estimate of drug-likeness (QED) is 0.291. The van der Waals surface area contributed by atoms with E-state index < -0.39 is 0 Å². The monoisotopic (exact) mass is 422 g/mol. The first-order valence-electron chi connectivity index (χ1n) is 10.6. The number of benzene rings is 2. The molecule has 2 aromatic carbocycles. The minimum Gasteiger partial charge on any atom is -0.497 e. The average Bonchev–Trinajstić information content (AvgIpc) is 3.03. The highest BCUT2D eigenvalue weighted by Crippen LogP contribution is 2.22. The van der Waals surface area contributed by atoms with Gasteiger partial charge in [0.25, 0.3) is 11.8 Å². The van der Waals surface area contributed by atoms with Gasteiger partial charge in [0.1, 0.15) is 5.75 Å². The Balaban J connectivity index is 1.49. The van der Waals surface area contributed by atoms with E-state index in [9.17, 15) is 9.59 Å². The summed E-state index contributed by atoms with van der Waals surface area (Å²) in [6, 6.07) is 15.0. The number of unbranched alkanes of at least 4 members (excludes halogenated alkanes) is 1. The van der Waals surface area contributed by atoms with Gasteiger partial charge in [0.15, 0.2) is 5.96 Å². The fourth-order valence-corrected chi connectivity index (χ4v) is 3.56. The summed E-state index contributed by atoms with van der Waals surface area (Å²) in [5, 5.41) is 3.32. The van der Waals surface area contributed by atoms with Gasteiger partial charge < -0.3 is 15.0 Å². The number of methoxy groups -OCH3 is 1. The van der Waals surface area contributed by atoms with Gasteiger partial charge in [0, 0.05) is 33.2 Å². The number of carbonyl (C=O) groups is 2. The molecular weight excluding hydrogens is 392 g/mol. The van der Waals surface area contributed by atoms with Crippen LogP contribution in [0.3, 0.4) is 0 Å². The number of ether oxygens (including phenoxy) is 1. The number of amides is 2. The van der Waals surface area contributed by atoms with Gasteiger partial charge in [-0.05, 0) is 49.6 Å². The van der Waals surface area contributed by atoms with Crippen LogP contribution >= 0.6 is 0 Å². The number of carbonyl (C=O) groups excluding carboxylic acids is 2. The molecule has 0 fully saturated rings. The van der Waals surface area contributed by atoms with E-state index in [-0.39, 0.29) is 11.8 Å². The zero-order chi connectivity index (χ0) is 22.2. The van der Waals surface area contributed by atoms with Gasteiger partial charge in [-0.2, -0.15) is 0 Å². The third-order valence-electron chi connectivity index (χ3n) is 5.20. The smallest absolute Gasteiger partial charge is 0.261 e. The molecule has 1 aliphatic rings. The minimum atomic E-state index is -0.198. The molecule has 0 saturated carbocycles. The lowest BCUT2D eigenvalue weighted by Gasteiger charge is -2.22.